The van der Waals surface area contributed by atoms with Crippen molar-refractivity contribution in [3.8, 4) is 0 Å². The van der Waals surface area contributed by atoms with Crippen molar-refractivity contribution in [3.63, 3.8) is 0 Å². The zero-order chi connectivity index (χ0) is 28.0. The fraction of sp³-hybridized carbons (Fsp3) is 0.556. The molecule has 1 amide bonds. The first-order valence-electron chi connectivity index (χ1n) is 12.8. The molecule has 11 heteroatoms. The van der Waals surface area contributed by atoms with Crippen LogP contribution in [0.4, 0.5) is 5.00 Å². The molecule has 1 saturated heterocycles. The highest BCUT2D eigenvalue weighted by Crippen LogP contribution is 2.45. The van der Waals surface area contributed by atoms with E-state index >= 15 is 0 Å². The van der Waals surface area contributed by atoms with Gasteiger partial charge in [0.05, 0.1) is 29.3 Å². The monoisotopic (exact) mass is 563 g/mol. The van der Waals surface area contributed by atoms with Crippen LogP contribution in [-0.4, -0.2) is 62.0 Å². The Morgan fingerprint density at radius 2 is 1.74 bits per heavy atom. The SMILES string of the molecule is CCOC(=O)c1c(NC(=O)c2ccc(S(=O)(=O)N3CC(C)OC(C)C3)cc2)sc2c1CC(C)(C)NC2(C)C. The Balaban J connectivity index is 1.61. The fourth-order valence-electron chi connectivity index (χ4n) is 5.46. The number of fused-ring (bicyclic) bond motifs is 1. The summed E-state index contributed by atoms with van der Waals surface area (Å²) in [6.45, 7) is 14.5. The van der Waals surface area contributed by atoms with Crippen molar-refractivity contribution in [1.29, 1.82) is 0 Å². The molecular weight excluding hydrogens is 526 g/mol. The second-order valence-corrected chi connectivity index (χ2v) is 14.2. The van der Waals surface area contributed by atoms with Gasteiger partial charge in [-0.25, -0.2) is 13.2 Å². The molecule has 0 spiro atoms. The standard InChI is InChI=1S/C27H37N3O6S2/c1-8-35-25(32)21-20-13-26(4,5)29-27(6,7)22(20)37-24(21)28-23(31)18-9-11-19(12-10-18)38(33,34)30-14-16(2)36-17(3)15-30/h9-12,16-17,29H,8,13-15H2,1-7H3,(H,28,31). The lowest BCUT2D eigenvalue weighted by molar-refractivity contribution is -0.0440. The minimum Gasteiger partial charge on any atom is -0.462 e. The number of amides is 1. The lowest BCUT2D eigenvalue weighted by Gasteiger charge is -2.42. The van der Waals surface area contributed by atoms with E-state index in [1.807, 2.05) is 13.8 Å². The van der Waals surface area contributed by atoms with Gasteiger partial charge < -0.3 is 20.1 Å². The summed E-state index contributed by atoms with van der Waals surface area (Å²) in [6.07, 6.45) is 0.210. The van der Waals surface area contributed by atoms with Crippen LogP contribution in [0.15, 0.2) is 29.2 Å². The van der Waals surface area contributed by atoms with Gasteiger partial charge in [-0.1, -0.05) is 0 Å². The molecule has 208 valence electrons. The molecule has 2 unspecified atom stereocenters. The maximum Gasteiger partial charge on any atom is 0.341 e. The summed E-state index contributed by atoms with van der Waals surface area (Å²) in [7, 11) is -3.72. The van der Waals surface area contributed by atoms with Gasteiger partial charge in [-0.05, 0) is 84.7 Å². The van der Waals surface area contributed by atoms with Gasteiger partial charge in [0.25, 0.3) is 5.91 Å². The van der Waals surface area contributed by atoms with E-state index in [4.69, 9.17) is 9.47 Å². The summed E-state index contributed by atoms with van der Waals surface area (Å²) >= 11 is 1.36. The van der Waals surface area contributed by atoms with E-state index in [-0.39, 0.29) is 47.9 Å². The molecule has 4 rings (SSSR count). The second kappa shape index (κ2) is 10.3. The van der Waals surface area contributed by atoms with Crippen molar-refractivity contribution in [2.24, 2.45) is 0 Å². The Labute approximate surface area is 228 Å². The summed E-state index contributed by atoms with van der Waals surface area (Å²) in [6, 6.07) is 5.86. The molecule has 2 aliphatic rings. The predicted octanol–water partition coefficient (Wildman–Crippen LogP) is 4.13. The predicted molar refractivity (Wildman–Crippen MR) is 147 cm³/mol. The third-order valence-electron chi connectivity index (χ3n) is 6.69. The van der Waals surface area contributed by atoms with Crippen molar-refractivity contribution in [1.82, 2.24) is 9.62 Å². The summed E-state index contributed by atoms with van der Waals surface area (Å²) in [4.78, 5) is 27.4. The van der Waals surface area contributed by atoms with Crippen LogP contribution >= 0.6 is 11.3 Å². The van der Waals surface area contributed by atoms with Crippen LogP contribution in [0.25, 0.3) is 0 Å². The van der Waals surface area contributed by atoms with Gasteiger partial charge in [0.15, 0.2) is 0 Å². The number of rotatable bonds is 6. The summed E-state index contributed by atoms with van der Waals surface area (Å²) in [5, 5.41) is 6.94. The zero-order valence-electron chi connectivity index (χ0n) is 23.0. The Morgan fingerprint density at radius 1 is 1.13 bits per heavy atom. The molecule has 1 aromatic carbocycles. The van der Waals surface area contributed by atoms with Crippen LogP contribution < -0.4 is 10.6 Å². The van der Waals surface area contributed by atoms with Crippen molar-refractivity contribution in [2.75, 3.05) is 25.0 Å². The van der Waals surface area contributed by atoms with Crippen LogP contribution in [0.1, 0.15) is 79.6 Å². The summed E-state index contributed by atoms with van der Waals surface area (Å²) in [5.74, 6) is -0.902. The van der Waals surface area contributed by atoms with Gasteiger partial charge in [-0.15, -0.1) is 11.3 Å². The van der Waals surface area contributed by atoms with E-state index in [0.717, 1.165) is 10.4 Å². The van der Waals surface area contributed by atoms with Crippen LogP contribution in [0.5, 0.6) is 0 Å². The molecule has 2 aliphatic heterocycles. The average Bonchev–Trinajstić information content (AvgIpc) is 3.15. The number of nitrogens with one attached hydrogen (secondary N) is 2. The van der Waals surface area contributed by atoms with E-state index < -0.39 is 27.4 Å². The van der Waals surface area contributed by atoms with E-state index in [2.05, 4.69) is 38.3 Å². The lowest BCUT2D eigenvalue weighted by atomic mass is 9.81. The number of esters is 1. The molecule has 1 aromatic heterocycles. The number of ether oxygens (including phenoxy) is 2. The molecule has 0 aliphatic carbocycles. The minimum atomic E-state index is -3.72. The summed E-state index contributed by atoms with van der Waals surface area (Å²) < 4.78 is 38.8. The highest BCUT2D eigenvalue weighted by molar-refractivity contribution is 7.89. The first kappa shape index (κ1) is 28.7. The van der Waals surface area contributed by atoms with E-state index in [9.17, 15) is 18.0 Å². The van der Waals surface area contributed by atoms with Gasteiger partial charge in [0.2, 0.25) is 10.0 Å². The maximum absolute atomic E-state index is 13.2. The number of carbonyl (C=O) groups is 2. The number of sulfonamides is 1. The zero-order valence-corrected chi connectivity index (χ0v) is 24.6. The normalized spacial score (nSPS) is 22.9. The molecular formula is C27H37N3O6S2. The Morgan fingerprint density at radius 3 is 2.32 bits per heavy atom. The van der Waals surface area contributed by atoms with Gasteiger partial charge >= 0.3 is 5.97 Å². The quantitative estimate of drug-likeness (QED) is 0.508. The Kier molecular flexibility index (Phi) is 7.81. The number of anilines is 1. The molecule has 2 N–H and O–H groups in total. The Hall–Kier alpha value is -2.31. The average molecular weight is 564 g/mol. The second-order valence-electron chi connectivity index (χ2n) is 11.2. The first-order valence-corrected chi connectivity index (χ1v) is 15.1. The number of thiophene rings is 1. The van der Waals surface area contributed by atoms with Gasteiger partial charge in [-0.3, -0.25) is 4.79 Å². The number of hydrogen-bond donors (Lipinski definition) is 2. The first-order chi connectivity index (χ1) is 17.6. The molecule has 2 atom stereocenters. The molecule has 0 saturated carbocycles. The molecule has 9 nitrogen and oxygen atoms in total. The van der Waals surface area contributed by atoms with Crippen molar-refractivity contribution >= 4 is 38.2 Å². The highest BCUT2D eigenvalue weighted by Gasteiger charge is 2.42. The largest absolute Gasteiger partial charge is 0.462 e. The molecule has 0 radical (unpaired) electrons. The fourth-order valence-corrected chi connectivity index (χ4v) is 8.31. The third-order valence-corrected chi connectivity index (χ3v) is 10.0. The van der Waals surface area contributed by atoms with E-state index in [1.165, 1.54) is 39.9 Å². The molecule has 0 bridgehead atoms. The highest BCUT2D eigenvalue weighted by atomic mass is 32.2. The van der Waals surface area contributed by atoms with Crippen LogP contribution in [0.2, 0.25) is 0 Å². The van der Waals surface area contributed by atoms with Crippen molar-refractivity contribution in [3.05, 3.63) is 45.8 Å². The molecule has 1 fully saturated rings. The minimum absolute atomic E-state index is 0.115. The maximum atomic E-state index is 13.2. The number of nitrogens with zero attached hydrogens (tertiary/aromatic N) is 1. The number of hydrogen-bond acceptors (Lipinski definition) is 8. The van der Waals surface area contributed by atoms with Crippen LogP contribution in [-0.2, 0) is 31.5 Å². The van der Waals surface area contributed by atoms with E-state index in [0.29, 0.717) is 17.0 Å². The number of morpholine rings is 1. The van der Waals surface area contributed by atoms with Gasteiger partial charge in [-0.2, -0.15) is 4.31 Å². The van der Waals surface area contributed by atoms with Crippen LogP contribution in [0.3, 0.4) is 0 Å². The molecule has 2 aromatic rings. The van der Waals surface area contributed by atoms with Crippen molar-refractivity contribution in [2.45, 2.75) is 83.1 Å². The Bertz CT molecular complexity index is 1320. The lowest BCUT2D eigenvalue weighted by Crippen LogP contribution is -2.55. The topological polar surface area (TPSA) is 114 Å². The summed E-state index contributed by atoms with van der Waals surface area (Å²) in [5.41, 5.74) is 0.894. The van der Waals surface area contributed by atoms with E-state index in [1.54, 1.807) is 6.92 Å². The van der Waals surface area contributed by atoms with Gasteiger partial charge in [0, 0.05) is 34.6 Å². The van der Waals surface area contributed by atoms with Crippen LogP contribution in [0, 0.1) is 0 Å². The van der Waals surface area contributed by atoms with Crippen molar-refractivity contribution < 1.29 is 27.5 Å². The third kappa shape index (κ3) is 5.67. The molecule has 3 heterocycles. The number of benzene rings is 1. The number of carbonyl (C=O) groups excluding carboxylic acids is 2. The molecule has 38 heavy (non-hydrogen) atoms. The smallest absolute Gasteiger partial charge is 0.341 e. The van der Waals surface area contributed by atoms with Gasteiger partial charge in [0.1, 0.15) is 5.00 Å².